The molecule has 0 heterocycles. The summed E-state index contributed by atoms with van der Waals surface area (Å²) in [6.07, 6.45) is -0.399. The van der Waals surface area contributed by atoms with Crippen LogP contribution in [0.25, 0.3) is 0 Å². The number of benzene rings is 1. The van der Waals surface area contributed by atoms with Crippen LogP contribution in [0.1, 0.15) is 25.0 Å². The molecule has 3 nitrogen and oxygen atoms in total. The fourth-order valence-electron chi connectivity index (χ4n) is 1.53. The maximum atomic E-state index is 9.76. The first kappa shape index (κ1) is 14.3. The van der Waals surface area contributed by atoms with Gasteiger partial charge in [0.2, 0.25) is 0 Å². The number of nitrogens with zero attached hydrogens (tertiary/aromatic N) is 1. The molecule has 0 fully saturated rings. The van der Waals surface area contributed by atoms with Gasteiger partial charge in [0, 0.05) is 17.5 Å². The number of nitrogens with one attached hydrogen (secondary N) is 1. The van der Waals surface area contributed by atoms with Crippen LogP contribution in [-0.4, -0.2) is 17.4 Å². The average molecular weight is 273 g/mol. The Morgan fingerprint density at radius 2 is 2.06 bits per heavy atom. The summed E-state index contributed by atoms with van der Waals surface area (Å²) in [5, 5.41) is 22.4. The molecule has 0 aromatic heterocycles. The molecule has 0 saturated heterocycles. The van der Waals surface area contributed by atoms with E-state index in [4.69, 9.17) is 28.5 Å². The number of aliphatic hydroxyl groups excluding tert-OH is 1. The van der Waals surface area contributed by atoms with Crippen molar-refractivity contribution in [2.45, 2.75) is 32.5 Å². The van der Waals surface area contributed by atoms with E-state index >= 15 is 0 Å². The summed E-state index contributed by atoms with van der Waals surface area (Å²) in [6.45, 7) is 3.87. The van der Waals surface area contributed by atoms with E-state index in [0.29, 0.717) is 27.6 Å². The second kappa shape index (κ2) is 6.23. The maximum absolute atomic E-state index is 9.76. The molecule has 0 amide bonds. The van der Waals surface area contributed by atoms with Crippen molar-refractivity contribution in [1.29, 1.82) is 5.26 Å². The van der Waals surface area contributed by atoms with E-state index in [1.54, 1.807) is 6.07 Å². The van der Waals surface area contributed by atoms with Gasteiger partial charge in [-0.15, -0.1) is 0 Å². The van der Waals surface area contributed by atoms with Gasteiger partial charge in [-0.1, -0.05) is 23.2 Å². The minimum absolute atomic E-state index is 0.165. The molecule has 1 rings (SSSR count). The topological polar surface area (TPSA) is 56.0 Å². The fraction of sp³-hybridized carbons (Fsp3) is 0.417. The lowest BCUT2D eigenvalue weighted by Crippen LogP contribution is -2.36. The SMILES string of the molecule is CC(C)NC(O)Cc1cc(Cl)cc(C#N)c1Cl. The van der Waals surface area contributed by atoms with Gasteiger partial charge >= 0.3 is 0 Å². The Balaban J connectivity index is 2.91. The van der Waals surface area contributed by atoms with Crippen molar-refractivity contribution in [1.82, 2.24) is 5.32 Å². The Hall–Kier alpha value is -0.790. The van der Waals surface area contributed by atoms with Gasteiger partial charge in [0.1, 0.15) is 12.3 Å². The molecule has 1 aromatic carbocycles. The normalized spacial score (nSPS) is 12.5. The molecule has 92 valence electrons. The third kappa shape index (κ3) is 4.18. The van der Waals surface area contributed by atoms with Gasteiger partial charge in [0.25, 0.3) is 0 Å². The first-order chi connectivity index (χ1) is 7.93. The number of hydrogen-bond acceptors (Lipinski definition) is 3. The average Bonchev–Trinajstić information content (AvgIpc) is 2.21. The monoisotopic (exact) mass is 272 g/mol. The third-order valence-corrected chi connectivity index (χ3v) is 2.84. The van der Waals surface area contributed by atoms with E-state index in [0.717, 1.165) is 0 Å². The number of aliphatic hydroxyl groups is 1. The lowest BCUT2D eigenvalue weighted by atomic mass is 10.1. The minimum Gasteiger partial charge on any atom is -0.378 e. The lowest BCUT2D eigenvalue weighted by Gasteiger charge is -2.16. The molecule has 1 aromatic rings. The molecule has 0 aliphatic carbocycles. The van der Waals surface area contributed by atoms with Gasteiger partial charge in [-0.25, -0.2) is 0 Å². The number of rotatable bonds is 4. The highest BCUT2D eigenvalue weighted by Crippen LogP contribution is 2.26. The van der Waals surface area contributed by atoms with Crippen LogP contribution in [0.3, 0.4) is 0 Å². The number of nitriles is 1. The third-order valence-electron chi connectivity index (χ3n) is 2.17. The van der Waals surface area contributed by atoms with Gasteiger partial charge in [-0.3, -0.25) is 5.32 Å². The van der Waals surface area contributed by atoms with E-state index < -0.39 is 6.23 Å². The van der Waals surface area contributed by atoms with E-state index in [-0.39, 0.29) is 6.04 Å². The predicted molar refractivity (Wildman–Crippen MR) is 69.2 cm³/mol. The number of hydrogen-bond donors (Lipinski definition) is 2. The molecule has 0 aliphatic heterocycles. The molecular formula is C12H14Cl2N2O. The van der Waals surface area contributed by atoms with Crippen LogP contribution in [0.4, 0.5) is 0 Å². The van der Waals surface area contributed by atoms with Crippen molar-refractivity contribution in [3.63, 3.8) is 0 Å². The summed E-state index contributed by atoms with van der Waals surface area (Å²) in [4.78, 5) is 0. The Labute approximate surface area is 111 Å². The standard InChI is InChI=1S/C12H14Cl2N2O/c1-7(2)16-11(17)5-8-3-10(13)4-9(6-15)12(8)14/h3-4,7,11,16-17H,5H2,1-2H3. The molecular weight excluding hydrogens is 259 g/mol. The van der Waals surface area contributed by atoms with Gasteiger partial charge in [0.15, 0.2) is 0 Å². The Kier molecular flexibility index (Phi) is 5.23. The quantitative estimate of drug-likeness (QED) is 0.829. The highest BCUT2D eigenvalue weighted by Gasteiger charge is 2.13. The Bertz CT molecular complexity index is 441. The Morgan fingerprint density at radius 3 is 2.59 bits per heavy atom. The van der Waals surface area contributed by atoms with Crippen LogP contribution < -0.4 is 5.32 Å². The maximum Gasteiger partial charge on any atom is 0.109 e. The molecule has 5 heteroatoms. The van der Waals surface area contributed by atoms with Crippen molar-refractivity contribution in [2.75, 3.05) is 0 Å². The zero-order chi connectivity index (χ0) is 13.0. The van der Waals surface area contributed by atoms with E-state index in [1.807, 2.05) is 19.9 Å². The molecule has 0 saturated carbocycles. The van der Waals surface area contributed by atoms with Crippen LogP contribution in [0.5, 0.6) is 0 Å². The van der Waals surface area contributed by atoms with Gasteiger partial charge in [0.05, 0.1) is 10.6 Å². The van der Waals surface area contributed by atoms with Gasteiger partial charge < -0.3 is 5.11 Å². The summed E-state index contributed by atoms with van der Waals surface area (Å²) in [7, 11) is 0. The van der Waals surface area contributed by atoms with Crippen molar-refractivity contribution < 1.29 is 5.11 Å². The molecule has 0 radical (unpaired) electrons. The van der Waals surface area contributed by atoms with Crippen LogP contribution in [0.2, 0.25) is 10.0 Å². The second-order valence-corrected chi connectivity index (χ2v) is 4.89. The van der Waals surface area contributed by atoms with Crippen LogP contribution in [0.15, 0.2) is 12.1 Å². The lowest BCUT2D eigenvalue weighted by molar-refractivity contribution is 0.127. The highest BCUT2D eigenvalue weighted by atomic mass is 35.5. The summed E-state index contributed by atoms with van der Waals surface area (Å²) in [5.41, 5.74) is 0.988. The summed E-state index contributed by atoms with van der Waals surface area (Å²) < 4.78 is 0. The Morgan fingerprint density at radius 1 is 1.41 bits per heavy atom. The summed E-state index contributed by atoms with van der Waals surface area (Å²) >= 11 is 11.9. The largest absolute Gasteiger partial charge is 0.378 e. The second-order valence-electron chi connectivity index (χ2n) is 4.08. The smallest absolute Gasteiger partial charge is 0.109 e. The van der Waals surface area contributed by atoms with Crippen LogP contribution in [-0.2, 0) is 6.42 Å². The van der Waals surface area contributed by atoms with Crippen LogP contribution in [0, 0.1) is 11.3 Å². The minimum atomic E-state index is -0.711. The molecule has 0 aliphatic rings. The predicted octanol–water partition coefficient (Wildman–Crippen LogP) is 2.72. The molecule has 0 bridgehead atoms. The number of halogens is 2. The van der Waals surface area contributed by atoms with Gasteiger partial charge in [-0.2, -0.15) is 5.26 Å². The summed E-state index contributed by atoms with van der Waals surface area (Å²) in [5.74, 6) is 0. The first-order valence-electron chi connectivity index (χ1n) is 5.26. The van der Waals surface area contributed by atoms with E-state index in [1.165, 1.54) is 6.07 Å². The van der Waals surface area contributed by atoms with Crippen molar-refractivity contribution in [3.8, 4) is 6.07 Å². The van der Waals surface area contributed by atoms with E-state index in [9.17, 15) is 5.11 Å². The van der Waals surface area contributed by atoms with Crippen molar-refractivity contribution in [2.24, 2.45) is 0 Å². The van der Waals surface area contributed by atoms with Crippen LogP contribution >= 0.6 is 23.2 Å². The molecule has 1 unspecified atom stereocenters. The highest BCUT2D eigenvalue weighted by molar-refractivity contribution is 6.34. The first-order valence-corrected chi connectivity index (χ1v) is 6.01. The zero-order valence-corrected chi connectivity index (χ0v) is 11.2. The molecule has 0 spiro atoms. The van der Waals surface area contributed by atoms with Crippen molar-refractivity contribution in [3.05, 3.63) is 33.3 Å². The summed E-state index contributed by atoms with van der Waals surface area (Å²) in [6, 6.07) is 5.31. The zero-order valence-electron chi connectivity index (χ0n) is 9.67. The van der Waals surface area contributed by atoms with Crippen molar-refractivity contribution >= 4 is 23.2 Å². The molecule has 2 N–H and O–H groups in total. The molecule has 1 atom stereocenters. The fourth-order valence-corrected chi connectivity index (χ4v) is 2.00. The molecule has 17 heavy (non-hydrogen) atoms. The van der Waals surface area contributed by atoms with E-state index in [2.05, 4.69) is 5.32 Å². The van der Waals surface area contributed by atoms with Gasteiger partial charge in [-0.05, 0) is 31.5 Å².